The molecular weight excluding hydrogens is 841 g/mol. The van der Waals surface area contributed by atoms with Gasteiger partial charge in [-0.3, -0.25) is 0 Å². The first-order valence-electron chi connectivity index (χ1n) is 16.6. The molecular formula is C43H42GeIrN2S-2. The van der Waals surface area contributed by atoms with E-state index in [1.54, 1.807) is 0 Å². The van der Waals surface area contributed by atoms with Crippen LogP contribution in [0.2, 0.25) is 17.3 Å². The van der Waals surface area contributed by atoms with Gasteiger partial charge in [0, 0.05) is 31.0 Å². The van der Waals surface area contributed by atoms with Crippen LogP contribution < -0.4 is 4.40 Å². The second kappa shape index (κ2) is 15.9. The van der Waals surface area contributed by atoms with E-state index in [1.165, 1.54) is 46.8 Å². The third-order valence-corrected chi connectivity index (χ3v) is 14.6. The summed E-state index contributed by atoms with van der Waals surface area (Å²) in [5.41, 5.74) is 9.50. The van der Waals surface area contributed by atoms with Crippen molar-refractivity contribution in [1.29, 1.82) is 0 Å². The molecule has 1 radical (unpaired) electrons. The molecule has 5 heteroatoms. The molecule has 0 atom stereocenters. The van der Waals surface area contributed by atoms with E-state index in [-0.39, 0.29) is 20.1 Å². The maximum atomic E-state index is 4.72. The Morgan fingerprint density at radius 1 is 0.729 bits per heavy atom. The monoisotopic (exact) mass is 885 g/mol. The molecule has 0 fully saturated rings. The van der Waals surface area contributed by atoms with Crippen LogP contribution in [-0.2, 0) is 20.1 Å². The number of pyridine rings is 2. The number of nitrogens with zero attached hydrogens (tertiary/aromatic N) is 2. The van der Waals surface area contributed by atoms with Crippen molar-refractivity contribution in [3.8, 4) is 33.6 Å². The zero-order valence-electron chi connectivity index (χ0n) is 28.6. The first kappa shape index (κ1) is 35.9. The van der Waals surface area contributed by atoms with Crippen LogP contribution in [0.25, 0.3) is 53.8 Å². The number of aromatic nitrogens is 2. The van der Waals surface area contributed by atoms with Gasteiger partial charge >= 0.3 is 106 Å². The van der Waals surface area contributed by atoms with Crippen molar-refractivity contribution in [3.63, 3.8) is 0 Å². The van der Waals surface area contributed by atoms with Crippen molar-refractivity contribution in [2.24, 2.45) is 0 Å². The van der Waals surface area contributed by atoms with Gasteiger partial charge in [-0.1, -0.05) is 67.3 Å². The first-order chi connectivity index (χ1) is 22.8. The van der Waals surface area contributed by atoms with Crippen LogP contribution in [0.1, 0.15) is 43.7 Å². The quantitative estimate of drug-likeness (QED) is 0.118. The van der Waals surface area contributed by atoms with Crippen LogP contribution in [0, 0.1) is 19.1 Å². The summed E-state index contributed by atoms with van der Waals surface area (Å²) in [6, 6.07) is 42.9. The fourth-order valence-corrected chi connectivity index (χ4v) is 11.2. The van der Waals surface area contributed by atoms with Gasteiger partial charge in [0.15, 0.2) is 0 Å². The Kier molecular flexibility index (Phi) is 11.9. The third-order valence-electron chi connectivity index (χ3n) is 8.94. The van der Waals surface area contributed by atoms with Gasteiger partial charge in [-0.25, -0.2) is 0 Å². The van der Waals surface area contributed by atoms with Gasteiger partial charge in [0.2, 0.25) is 0 Å². The van der Waals surface area contributed by atoms with Crippen molar-refractivity contribution in [2.75, 3.05) is 0 Å². The van der Waals surface area contributed by atoms with Gasteiger partial charge in [-0.2, -0.15) is 11.3 Å². The number of thiophene rings is 1. The van der Waals surface area contributed by atoms with E-state index >= 15 is 0 Å². The van der Waals surface area contributed by atoms with E-state index in [1.807, 2.05) is 41.8 Å². The predicted octanol–water partition coefficient (Wildman–Crippen LogP) is 11.9. The molecule has 3 heterocycles. The van der Waals surface area contributed by atoms with E-state index in [4.69, 9.17) is 4.98 Å². The van der Waals surface area contributed by atoms with E-state index in [9.17, 15) is 0 Å². The van der Waals surface area contributed by atoms with E-state index < -0.39 is 13.3 Å². The van der Waals surface area contributed by atoms with E-state index in [2.05, 4.69) is 140 Å². The molecule has 0 bridgehead atoms. The summed E-state index contributed by atoms with van der Waals surface area (Å²) in [7, 11) is 0. The minimum atomic E-state index is -1.77. The molecule has 0 aliphatic carbocycles. The minimum absolute atomic E-state index is 0. The molecule has 48 heavy (non-hydrogen) atoms. The van der Waals surface area contributed by atoms with Crippen molar-refractivity contribution in [3.05, 3.63) is 139 Å². The SMILES string of the molecule is CCC(CC)c1ccnc(-c2[c-]ccc3c2sc2ccc(-c4ccccc4)cc23)c1.Cc1cc(-c2[c-]cccc2)nc[c]1[Ge]([CH3])([CH3])[CH3].[Ir]. The van der Waals surface area contributed by atoms with Gasteiger partial charge in [-0.15, -0.1) is 23.8 Å². The smallest absolute Gasteiger partial charge is 0 e. The fourth-order valence-electron chi connectivity index (χ4n) is 6.38. The van der Waals surface area contributed by atoms with Gasteiger partial charge in [0.1, 0.15) is 0 Å². The van der Waals surface area contributed by atoms with Crippen LogP contribution in [0.15, 0.2) is 116 Å². The van der Waals surface area contributed by atoms with Crippen molar-refractivity contribution < 1.29 is 20.1 Å². The molecule has 2 nitrogen and oxygen atoms in total. The van der Waals surface area contributed by atoms with Crippen molar-refractivity contribution in [2.45, 2.75) is 56.8 Å². The molecule has 0 N–H and O–H groups in total. The summed E-state index contributed by atoms with van der Waals surface area (Å²) in [6.07, 6.45) is 6.33. The molecule has 0 saturated heterocycles. The molecule has 0 aliphatic heterocycles. The molecule has 0 spiro atoms. The molecule has 245 valence electrons. The van der Waals surface area contributed by atoms with Crippen molar-refractivity contribution in [1.82, 2.24) is 9.97 Å². The van der Waals surface area contributed by atoms with Gasteiger partial charge in [0.05, 0.1) is 0 Å². The average molecular weight is 884 g/mol. The number of aryl methyl sites for hydroxylation is 1. The Hall–Kier alpha value is -3.41. The van der Waals surface area contributed by atoms with E-state index in [0.29, 0.717) is 5.92 Å². The molecule has 0 amide bonds. The molecule has 3 aromatic heterocycles. The number of hydrogen-bond acceptors (Lipinski definition) is 3. The number of rotatable bonds is 7. The fraction of sp³-hybridized carbons (Fsp3) is 0.209. The number of hydrogen-bond donors (Lipinski definition) is 0. The summed E-state index contributed by atoms with van der Waals surface area (Å²) in [6.45, 7) is 6.72. The topological polar surface area (TPSA) is 25.8 Å². The third kappa shape index (κ3) is 7.90. The summed E-state index contributed by atoms with van der Waals surface area (Å²) in [4.78, 5) is 9.31. The molecule has 0 saturated carbocycles. The summed E-state index contributed by atoms with van der Waals surface area (Å²) in [5.74, 6) is 7.79. The minimum Gasteiger partial charge on any atom is 0 e. The maximum Gasteiger partial charge on any atom is 0 e. The van der Waals surface area contributed by atoms with Gasteiger partial charge < -0.3 is 4.98 Å². The normalized spacial score (nSPS) is 11.3. The van der Waals surface area contributed by atoms with Crippen LogP contribution in [-0.4, -0.2) is 23.2 Å². The second-order valence-electron chi connectivity index (χ2n) is 13.2. The standard InChI is InChI=1S/C28H24NS.C15H18GeN.Ir/c1-3-19(4-2)22-15-16-29-26(18-22)24-12-8-11-23-25-17-21(20-9-6-5-7-10-20)13-14-27(25)30-28(23)24;1-12-10-15(13-8-6-5-7-9-13)17-11-14(12)16(2,3)4;/h5-11,13-19H,3-4H2,1-2H3;5-8,10-11H,1-4H3;/q2*-1;. The summed E-state index contributed by atoms with van der Waals surface area (Å²) in [5, 5.41) is 2.60. The van der Waals surface area contributed by atoms with Gasteiger partial charge in [0.25, 0.3) is 0 Å². The van der Waals surface area contributed by atoms with Gasteiger partial charge in [-0.05, 0) is 63.9 Å². The average Bonchev–Trinajstić information content (AvgIpc) is 3.48. The number of fused-ring (bicyclic) bond motifs is 3. The Labute approximate surface area is 306 Å². The Balaban J connectivity index is 0.000000214. The van der Waals surface area contributed by atoms with Crippen molar-refractivity contribution >= 4 is 49.2 Å². The van der Waals surface area contributed by atoms with Crippen LogP contribution >= 0.6 is 11.3 Å². The zero-order valence-corrected chi connectivity index (χ0v) is 33.9. The molecule has 0 unspecified atom stereocenters. The molecule has 7 rings (SSSR count). The predicted molar refractivity (Wildman–Crippen MR) is 206 cm³/mol. The molecule has 7 aromatic rings. The zero-order chi connectivity index (χ0) is 33.0. The van der Waals surface area contributed by atoms with Crippen LogP contribution in [0.3, 0.4) is 0 Å². The summed E-state index contributed by atoms with van der Waals surface area (Å²) < 4.78 is 4.07. The van der Waals surface area contributed by atoms with Crippen LogP contribution in [0.5, 0.6) is 0 Å². The Bertz CT molecular complexity index is 2110. The molecule has 4 aromatic carbocycles. The Morgan fingerprint density at radius 2 is 1.50 bits per heavy atom. The maximum absolute atomic E-state index is 4.72. The Morgan fingerprint density at radius 3 is 2.19 bits per heavy atom. The molecule has 0 aliphatic rings. The number of benzene rings is 4. The van der Waals surface area contributed by atoms with Crippen LogP contribution in [0.4, 0.5) is 0 Å². The first-order valence-corrected chi connectivity index (χ1v) is 24.8. The largest absolute Gasteiger partial charge is 0 e. The summed E-state index contributed by atoms with van der Waals surface area (Å²) >= 11 is 0.0689. The van der Waals surface area contributed by atoms with E-state index in [0.717, 1.165) is 35.4 Å². The second-order valence-corrected chi connectivity index (χ2v) is 24.8.